The van der Waals surface area contributed by atoms with Crippen molar-refractivity contribution in [2.45, 2.75) is 39.3 Å². The predicted molar refractivity (Wildman–Crippen MR) is 126 cm³/mol. The van der Waals surface area contributed by atoms with Gasteiger partial charge in [-0.2, -0.15) is 0 Å². The van der Waals surface area contributed by atoms with Crippen molar-refractivity contribution in [2.75, 3.05) is 33.8 Å². The van der Waals surface area contributed by atoms with Crippen LogP contribution >= 0.6 is 39.9 Å². The van der Waals surface area contributed by atoms with Gasteiger partial charge < -0.3 is 20.3 Å². The van der Waals surface area contributed by atoms with Crippen LogP contribution in [0.1, 0.15) is 32.8 Å². The first-order valence-electron chi connectivity index (χ1n) is 8.83. The average Bonchev–Trinajstić information content (AvgIpc) is 2.61. The van der Waals surface area contributed by atoms with Crippen molar-refractivity contribution in [1.82, 2.24) is 15.5 Å². The molecule has 8 heteroatoms. The molecule has 1 aromatic rings. The summed E-state index contributed by atoms with van der Waals surface area (Å²) in [4.78, 5) is 18.6. The van der Waals surface area contributed by atoms with E-state index in [1.807, 2.05) is 52.1 Å². The second kappa shape index (κ2) is 13.3. The van der Waals surface area contributed by atoms with Crippen LogP contribution in [0, 0.1) is 0 Å². The first-order chi connectivity index (χ1) is 12.3. The lowest BCUT2D eigenvalue weighted by Gasteiger charge is -2.21. The minimum Gasteiger partial charge on any atom is -0.377 e. The van der Waals surface area contributed by atoms with Crippen molar-refractivity contribution >= 4 is 51.8 Å². The molecular formula is C19H32BrIN4O2. The standard InChI is InChI=1S/C19H31BrN4O2.HI/c1-6-21-18(23-14-19(2,3)26-5)22-12-11-17(25)24(4)13-15-9-7-8-10-16(15)20;/h7-10H,6,11-14H2,1-5H3,(H2,21,22,23);1H. The highest BCUT2D eigenvalue weighted by Gasteiger charge is 2.16. The van der Waals surface area contributed by atoms with E-state index in [0.29, 0.717) is 32.0 Å². The number of amides is 1. The topological polar surface area (TPSA) is 66.0 Å². The molecule has 0 aliphatic rings. The number of nitrogens with one attached hydrogen (secondary N) is 2. The molecule has 154 valence electrons. The summed E-state index contributed by atoms with van der Waals surface area (Å²) >= 11 is 3.52. The van der Waals surface area contributed by atoms with Gasteiger partial charge in [0.2, 0.25) is 5.91 Å². The molecule has 0 heterocycles. The maximum absolute atomic E-state index is 12.4. The lowest BCUT2D eigenvalue weighted by atomic mass is 10.1. The molecule has 27 heavy (non-hydrogen) atoms. The molecular weight excluding hydrogens is 523 g/mol. The first-order valence-corrected chi connectivity index (χ1v) is 9.63. The molecule has 0 fully saturated rings. The lowest BCUT2D eigenvalue weighted by molar-refractivity contribution is -0.130. The van der Waals surface area contributed by atoms with Crippen molar-refractivity contribution in [3.05, 3.63) is 34.3 Å². The zero-order valence-electron chi connectivity index (χ0n) is 16.8. The third-order valence-electron chi connectivity index (χ3n) is 3.94. The van der Waals surface area contributed by atoms with Gasteiger partial charge in [-0.1, -0.05) is 34.1 Å². The molecule has 0 aromatic heterocycles. The zero-order chi connectivity index (χ0) is 19.6. The number of rotatable bonds is 9. The van der Waals surface area contributed by atoms with Crippen molar-refractivity contribution < 1.29 is 9.53 Å². The quantitative estimate of drug-likeness (QED) is 0.279. The van der Waals surface area contributed by atoms with Gasteiger partial charge in [-0.05, 0) is 32.4 Å². The summed E-state index contributed by atoms with van der Waals surface area (Å²) in [5, 5.41) is 6.39. The molecule has 0 radical (unpaired) electrons. The van der Waals surface area contributed by atoms with Crippen LogP contribution in [-0.4, -0.2) is 56.2 Å². The Bertz CT molecular complexity index is 611. The Kier molecular flexibility index (Phi) is 12.9. The molecule has 0 aliphatic carbocycles. The first kappa shape index (κ1) is 26.1. The van der Waals surface area contributed by atoms with Gasteiger partial charge in [0.05, 0.1) is 12.1 Å². The monoisotopic (exact) mass is 554 g/mol. The Hall–Kier alpha value is -0.870. The maximum atomic E-state index is 12.4. The average molecular weight is 555 g/mol. The lowest BCUT2D eigenvalue weighted by Crippen LogP contribution is -2.40. The summed E-state index contributed by atoms with van der Waals surface area (Å²) < 4.78 is 6.39. The molecule has 0 spiro atoms. The number of aliphatic imine (C=N–C) groups is 1. The zero-order valence-corrected chi connectivity index (χ0v) is 20.8. The third-order valence-corrected chi connectivity index (χ3v) is 4.71. The van der Waals surface area contributed by atoms with E-state index in [-0.39, 0.29) is 35.5 Å². The number of hydrogen-bond donors (Lipinski definition) is 2. The van der Waals surface area contributed by atoms with Crippen molar-refractivity contribution in [1.29, 1.82) is 0 Å². The predicted octanol–water partition coefficient (Wildman–Crippen LogP) is 3.40. The molecule has 1 aromatic carbocycles. The molecule has 0 saturated heterocycles. The molecule has 0 aliphatic heterocycles. The Labute approximate surface area is 188 Å². The highest BCUT2D eigenvalue weighted by Crippen LogP contribution is 2.17. The van der Waals surface area contributed by atoms with E-state index in [1.54, 1.807) is 12.0 Å². The number of benzene rings is 1. The smallest absolute Gasteiger partial charge is 0.224 e. The molecule has 6 nitrogen and oxygen atoms in total. The number of ether oxygens (including phenoxy) is 1. The Morgan fingerprint density at radius 3 is 2.56 bits per heavy atom. The van der Waals surface area contributed by atoms with Gasteiger partial charge >= 0.3 is 0 Å². The Balaban J connectivity index is 0.00000676. The largest absolute Gasteiger partial charge is 0.377 e. The Morgan fingerprint density at radius 2 is 1.96 bits per heavy atom. The van der Waals surface area contributed by atoms with E-state index in [9.17, 15) is 4.79 Å². The summed E-state index contributed by atoms with van der Waals surface area (Å²) in [5.74, 6) is 0.778. The van der Waals surface area contributed by atoms with Crippen LogP contribution in [0.3, 0.4) is 0 Å². The van der Waals surface area contributed by atoms with Gasteiger partial charge in [0.1, 0.15) is 0 Å². The minimum atomic E-state index is -0.318. The fourth-order valence-electron chi connectivity index (χ4n) is 2.12. The van der Waals surface area contributed by atoms with Crippen LogP contribution in [0.25, 0.3) is 0 Å². The Morgan fingerprint density at radius 1 is 1.30 bits per heavy atom. The van der Waals surface area contributed by atoms with Crippen molar-refractivity contribution in [3.63, 3.8) is 0 Å². The van der Waals surface area contributed by atoms with E-state index in [0.717, 1.165) is 16.6 Å². The van der Waals surface area contributed by atoms with Crippen LogP contribution in [0.5, 0.6) is 0 Å². The van der Waals surface area contributed by atoms with E-state index in [2.05, 4.69) is 31.6 Å². The number of carbonyl (C=O) groups excluding carboxylic acids is 1. The molecule has 2 N–H and O–H groups in total. The van der Waals surface area contributed by atoms with Gasteiger partial charge in [-0.25, -0.2) is 0 Å². The SMILES string of the molecule is CCNC(=NCC(C)(C)OC)NCCC(=O)N(C)Cc1ccccc1Br.I. The molecule has 1 amide bonds. The van der Waals surface area contributed by atoms with Crippen LogP contribution in [0.2, 0.25) is 0 Å². The van der Waals surface area contributed by atoms with Gasteiger partial charge in [0, 0.05) is 44.7 Å². The van der Waals surface area contributed by atoms with Crippen LogP contribution in [0.4, 0.5) is 0 Å². The highest BCUT2D eigenvalue weighted by molar-refractivity contribution is 14.0. The fourth-order valence-corrected chi connectivity index (χ4v) is 2.53. The molecule has 0 bridgehead atoms. The number of carbonyl (C=O) groups is 1. The van der Waals surface area contributed by atoms with Crippen molar-refractivity contribution in [2.24, 2.45) is 4.99 Å². The van der Waals surface area contributed by atoms with Gasteiger partial charge in [0.15, 0.2) is 5.96 Å². The summed E-state index contributed by atoms with van der Waals surface area (Å²) in [6.07, 6.45) is 0.402. The molecule has 1 rings (SSSR count). The number of guanidine groups is 1. The summed E-state index contributed by atoms with van der Waals surface area (Å²) in [7, 11) is 3.50. The maximum Gasteiger partial charge on any atom is 0.224 e. The normalized spacial score (nSPS) is 11.6. The van der Waals surface area contributed by atoms with Gasteiger partial charge in [-0.15, -0.1) is 24.0 Å². The van der Waals surface area contributed by atoms with E-state index in [4.69, 9.17) is 4.74 Å². The van der Waals surface area contributed by atoms with Crippen molar-refractivity contribution in [3.8, 4) is 0 Å². The molecule has 0 unspecified atom stereocenters. The summed E-state index contributed by atoms with van der Waals surface area (Å²) in [6.45, 7) is 8.38. The van der Waals surface area contributed by atoms with E-state index >= 15 is 0 Å². The van der Waals surface area contributed by atoms with Gasteiger partial charge in [-0.3, -0.25) is 9.79 Å². The minimum absolute atomic E-state index is 0. The highest BCUT2D eigenvalue weighted by atomic mass is 127. The third kappa shape index (κ3) is 10.3. The fraction of sp³-hybridized carbons (Fsp3) is 0.579. The second-order valence-corrected chi connectivity index (χ2v) is 7.53. The number of hydrogen-bond acceptors (Lipinski definition) is 3. The molecule has 0 atom stereocenters. The van der Waals surface area contributed by atoms with Crippen LogP contribution < -0.4 is 10.6 Å². The number of methoxy groups -OCH3 is 1. The van der Waals surface area contributed by atoms with Gasteiger partial charge in [0.25, 0.3) is 0 Å². The van der Waals surface area contributed by atoms with E-state index in [1.165, 1.54) is 0 Å². The molecule has 0 saturated carbocycles. The number of halogens is 2. The van der Waals surface area contributed by atoms with Crippen LogP contribution in [0.15, 0.2) is 33.7 Å². The summed E-state index contributed by atoms with van der Waals surface area (Å²) in [5.41, 5.74) is 0.773. The summed E-state index contributed by atoms with van der Waals surface area (Å²) in [6, 6.07) is 7.93. The number of nitrogens with zero attached hydrogens (tertiary/aromatic N) is 2. The van der Waals surface area contributed by atoms with E-state index < -0.39 is 0 Å². The van der Waals surface area contributed by atoms with Crippen LogP contribution in [-0.2, 0) is 16.1 Å². The second-order valence-electron chi connectivity index (χ2n) is 6.68.